The molecule has 0 bridgehead atoms. The van der Waals surface area contributed by atoms with Gasteiger partial charge in [-0.25, -0.2) is 4.98 Å². The first kappa shape index (κ1) is 21.5. The van der Waals surface area contributed by atoms with Crippen molar-refractivity contribution in [3.05, 3.63) is 40.9 Å². The number of carbonyl (C=O) groups is 2. The highest BCUT2D eigenvalue weighted by molar-refractivity contribution is 5.78. The molecule has 0 atom stereocenters. The van der Waals surface area contributed by atoms with Crippen LogP contribution < -0.4 is 16.0 Å². The number of carboxylic acids is 1. The summed E-state index contributed by atoms with van der Waals surface area (Å²) in [5, 5.41) is 14.7. The summed E-state index contributed by atoms with van der Waals surface area (Å²) >= 11 is 0. The van der Waals surface area contributed by atoms with E-state index in [0.717, 1.165) is 44.0 Å². The van der Waals surface area contributed by atoms with Crippen molar-refractivity contribution < 1.29 is 14.7 Å². The molecule has 7 nitrogen and oxygen atoms in total. The Kier molecular flexibility index (Phi) is 6.68. The van der Waals surface area contributed by atoms with Crippen LogP contribution in [0, 0.1) is 23.7 Å². The molecule has 1 heterocycles. The Balaban J connectivity index is 1.23. The molecule has 0 radical (unpaired) electrons. The maximum atomic E-state index is 12.7. The Bertz CT molecular complexity index is 986. The maximum absolute atomic E-state index is 12.7. The summed E-state index contributed by atoms with van der Waals surface area (Å²) in [6, 6.07) is 7.39. The molecule has 7 heteroatoms. The Labute approximate surface area is 181 Å². The number of rotatable bonds is 6. The van der Waals surface area contributed by atoms with Crippen LogP contribution in [0.1, 0.15) is 51.4 Å². The number of fused-ring (bicyclic) bond motifs is 1. The van der Waals surface area contributed by atoms with E-state index in [9.17, 15) is 19.5 Å². The Morgan fingerprint density at radius 1 is 0.968 bits per heavy atom. The number of carboxylic acid groups (broad SMARTS) is 1. The van der Waals surface area contributed by atoms with Crippen molar-refractivity contribution in [1.29, 1.82) is 0 Å². The highest BCUT2D eigenvalue weighted by atomic mass is 16.4. The summed E-state index contributed by atoms with van der Waals surface area (Å²) < 4.78 is 1.70. The Morgan fingerprint density at radius 3 is 2.32 bits per heavy atom. The maximum Gasteiger partial charge on any atom is 0.261 e. The van der Waals surface area contributed by atoms with Gasteiger partial charge in [-0.1, -0.05) is 12.1 Å². The van der Waals surface area contributed by atoms with Crippen molar-refractivity contribution in [3.63, 3.8) is 0 Å². The lowest BCUT2D eigenvalue weighted by Gasteiger charge is -2.31. The summed E-state index contributed by atoms with van der Waals surface area (Å²) in [5.41, 5.74) is 0.719. The number of hydrogen-bond acceptors (Lipinski definition) is 5. The monoisotopic (exact) mass is 424 g/mol. The smallest absolute Gasteiger partial charge is 0.261 e. The molecule has 1 aromatic heterocycles. The third-order valence-corrected chi connectivity index (χ3v) is 7.15. The number of nitrogens with zero attached hydrogens (tertiary/aromatic N) is 2. The number of aromatic nitrogens is 2. The van der Waals surface area contributed by atoms with Gasteiger partial charge < -0.3 is 15.2 Å². The van der Waals surface area contributed by atoms with Crippen LogP contribution >= 0.6 is 0 Å². The van der Waals surface area contributed by atoms with Crippen molar-refractivity contribution in [2.24, 2.45) is 23.7 Å². The molecule has 2 aromatic rings. The minimum Gasteiger partial charge on any atom is -0.550 e. The molecule has 4 rings (SSSR count). The summed E-state index contributed by atoms with van der Waals surface area (Å²) in [5.74, 6) is -0.381. The molecular weight excluding hydrogens is 394 g/mol. The first-order chi connectivity index (χ1) is 15.0. The van der Waals surface area contributed by atoms with Crippen molar-refractivity contribution in [1.82, 2.24) is 14.9 Å². The first-order valence-electron chi connectivity index (χ1n) is 11.4. The van der Waals surface area contributed by atoms with E-state index in [2.05, 4.69) is 10.3 Å². The van der Waals surface area contributed by atoms with Gasteiger partial charge in [0.25, 0.3) is 5.56 Å². The van der Waals surface area contributed by atoms with Crippen molar-refractivity contribution in [2.75, 3.05) is 6.54 Å². The van der Waals surface area contributed by atoms with Gasteiger partial charge in [-0.05, 0) is 81.3 Å². The summed E-state index contributed by atoms with van der Waals surface area (Å²) in [6.07, 6.45) is 8.13. The van der Waals surface area contributed by atoms with Crippen molar-refractivity contribution in [3.8, 4) is 0 Å². The minimum absolute atomic E-state index is 0.00105. The third-order valence-electron chi connectivity index (χ3n) is 7.15. The summed E-state index contributed by atoms with van der Waals surface area (Å²) in [4.78, 5) is 40.6. The van der Waals surface area contributed by atoms with Crippen LogP contribution in [0.4, 0.5) is 0 Å². The van der Waals surface area contributed by atoms with Gasteiger partial charge in [-0.15, -0.1) is 0 Å². The lowest BCUT2D eigenvalue weighted by molar-refractivity contribution is -0.312. The van der Waals surface area contributed by atoms with Gasteiger partial charge in [0.05, 0.1) is 17.2 Å². The van der Waals surface area contributed by atoms with Crippen LogP contribution in [0.25, 0.3) is 10.9 Å². The predicted molar refractivity (Wildman–Crippen MR) is 115 cm³/mol. The second-order valence-electron chi connectivity index (χ2n) is 9.22. The molecule has 1 aromatic carbocycles. The van der Waals surface area contributed by atoms with Crippen molar-refractivity contribution in [2.45, 2.75) is 57.9 Å². The zero-order valence-corrected chi connectivity index (χ0v) is 17.8. The zero-order chi connectivity index (χ0) is 21.8. The fraction of sp³-hybridized carbons (Fsp3) is 0.583. The SMILES string of the molecule is O=C([O-])C1CCC(CNC(=O)C2CCC(Cn3cnc4ccccc4c3=O)CC2)CC1. The Morgan fingerprint density at radius 2 is 1.61 bits per heavy atom. The van der Waals surface area contributed by atoms with E-state index >= 15 is 0 Å². The molecular formula is C24H30N3O4-. The van der Waals surface area contributed by atoms with Crippen molar-refractivity contribution >= 4 is 22.8 Å². The van der Waals surface area contributed by atoms with E-state index in [0.29, 0.717) is 43.2 Å². The van der Waals surface area contributed by atoms with Gasteiger partial charge in [0, 0.05) is 25.0 Å². The van der Waals surface area contributed by atoms with E-state index in [1.54, 1.807) is 10.9 Å². The summed E-state index contributed by atoms with van der Waals surface area (Å²) in [7, 11) is 0. The fourth-order valence-corrected chi connectivity index (χ4v) is 5.11. The Hall–Kier alpha value is -2.70. The molecule has 2 fully saturated rings. The molecule has 0 spiro atoms. The second kappa shape index (κ2) is 9.62. The normalized spacial score (nSPS) is 26.5. The molecule has 31 heavy (non-hydrogen) atoms. The zero-order valence-electron chi connectivity index (χ0n) is 17.8. The lowest BCUT2D eigenvalue weighted by atomic mass is 9.80. The number of hydrogen-bond donors (Lipinski definition) is 1. The summed E-state index contributed by atoms with van der Waals surface area (Å²) in [6.45, 7) is 1.28. The molecule has 0 unspecified atom stereocenters. The van der Waals surface area contributed by atoms with Gasteiger partial charge in [-0.3, -0.25) is 14.2 Å². The van der Waals surface area contributed by atoms with Crippen LogP contribution in [0.3, 0.4) is 0 Å². The highest BCUT2D eigenvalue weighted by Crippen LogP contribution is 2.31. The molecule has 0 aliphatic heterocycles. The molecule has 2 saturated carbocycles. The number of benzene rings is 1. The molecule has 166 valence electrons. The van der Waals surface area contributed by atoms with Crippen LogP contribution in [0.2, 0.25) is 0 Å². The van der Waals surface area contributed by atoms with Gasteiger partial charge in [0.15, 0.2) is 0 Å². The number of carbonyl (C=O) groups excluding carboxylic acids is 2. The highest BCUT2D eigenvalue weighted by Gasteiger charge is 2.28. The van der Waals surface area contributed by atoms with E-state index in [1.165, 1.54) is 0 Å². The van der Waals surface area contributed by atoms with E-state index < -0.39 is 5.97 Å². The van der Waals surface area contributed by atoms with Crippen LogP contribution in [0.5, 0.6) is 0 Å². The van der Waals surface area contributed by atoms with Crippen LogP contribution in [0.15, 0.2) is 35.4 Å². The topological polar surface area (TPSA) is 104 Å². The van der Waals surface area contributed by atoms with Gasteiger partial charge >= 0.3 is 0 Å². The number of nitrogens with one attached hydrogen (secondary N) is 1. The second-order valence-corrected chi connectivity index (χ2v) is 9.22. The standard InChI is InChI=1S/C24H31N3O4/c28-22(25-13-16-5-11-19(12-6-16)24(30)31)18-9-7-17(8-10-18)14-27-15-26-21-4-2-1-3-20(21)23(27)29/h1-4,15-19H,5-14H2,(H,25,28)(H,30,31)/p-1. The molecule has 2 aliphatic rings. The van der Waals surface area contributed by atoms with Crippen LogP contribution in [-0.4, -0.2) is 28.0 Å². The quantitative estimate of drug-likeness (QED) is 0.762. The van der Waals surface area contributed by atoms with E-state index in [-0.39, 0.29) is 23.3 Å². The van der Waals surface area contributed by atoms with Crippen LogP contribution in [-0.2, 0) is 16.1 Å². The van der Waals surface area contributed by atoms with Gasteiger partial charge in [0.2, 0.25) is 5.91 Å². The number of aliphatic carboxylic acids is 1. The number of para-hydroxylation sites is 1. The first-order valence-corrected chi connectivity index (χ1v) is 11.4. The largest absolute Gasteiger partial charge is 0.550 e. The number of amides is 1. The van der Waals surface area contributed by atoms with E-state index in [1.807, 2.05) is 24.3 Å². The predicted octanol–water partition coefficient (Wildman–Crippen LogP) is 1.88. The van der Waals surface area contributed by atoms with Gasteiger partial charge in [-0.2, -0.15) is 0 Å². The van der Waals surface area contributed by atoms with E-state index in [4.69, 9.17) is 0 Å². The molecule has 1 amide bonds. The lowest BCUT2D eigenvalue weighted by Crippen LogP contribution is -2.39. The van der Waals surface area contributed by atoms with Gasteiger partial charge in [0.1, 0.15) is 0 Å². The fourth-order valence-electron chi connectivity index (χ4n) is 5.11. The third kappa shape index (κ3) is 5.14. The molecule has 0 saturated heterocycles. The minimum atomic E-state index is -0.944. The molecule has 2 aliphatic carbocycles. The molecule has 1 N–H and O–H groups in total. The average molecular weight is 425 g/mol. The average Bonchev–Trinajstić information content (AvgIpc) is 2.80.